The first-order chi connectivity index (χ1) is 13.1. The molecule has 0 saturated carbocycles. The van der Waals surface area contributed by atoms with Crippen molar-refractivity contribution >= 4 is 56.0 Å². The zero-order chi connectivity index (χ0) is 20.6. The van der Waals surface area contributed by atoms with Crippen molar-refractivity contribution in [1.29, 1.82) is 0 Å². The summed E-state index contributed by atoms with van der Waals surface area (Å²) in [5.41, 5.74) is 0.259. The molecule has 0 N–H and O–H groups in total. The van der Waals surface area contributed by atoms with Crippen LogP contribution in [0.3, 0.4) is 0 Å². The van der Waals surface area contributed by atoms with E-state index in [0.717, 1.165) is 11.8 Å². The summed E-state index contributed by atoms with van der Waals surface area (Å²) in [5.74, 6) is -1.33. The van der Waals surface area contributed by atoms with Crippen molar-refractivity contribution < 1.29 is 22.4 Å². The van der Waals surface area contributed by atoms with Crippen LogP contribution >= 0.6 is 24.0 Å². The molecule has 2 saturated heterocycles. The number of thiocarbonyl (C=S) groups is 1. The second-order valence-corrected chi connectivity index (χ2v) is 10.7. The van der Waals surface area contributed by atoms with E-state index in [1.54, 1.807) is 25.1 Å². The van der Waals surface area contributed by atoms with E-state index in [0.29, 0.717) is 6.42 Å². The fourth-order valence-corrected chi connectivity index (χ4v) is 6.40. The van der Waals surface area contributed by atoms with Crippen LogP contribution in [0.4, 0.5) is 4.39 Å². The van der Waals surface area contributed by atoms with Crippen molar-refractivity contribution in [3.8, 4) is 0 Å². The number of rotatable bonds is 4. The monoisotopic (exact) mass is 442 g/mol. The smallest absolute Gasteiger partial charge is 0.266 e. The molecule has 3 rings (SSSR count). The Balaban J connectivity index is 1.77. The van der Waals surface area contributed by atoms with Gasteiger partial charge in [0, 0.05) is 18.7 Å². The Morgan fingerprint density at radius 2 is 2.11 bits per heavy atom. The number of benzene rings is 1. The van der Waals surface area contributed by atoms with Crippen molar-refractivity contribution in [2.75, 3.05) is 18.6 Å². The second kappa shape index (κ2) is 7.92. The molecule has 0 aromatic heterocycles. The molecule has 10 heteroatoms. The van der Waals surface area contributed by atoms with Crippen molar-refractivity contribution in [2.45, 2.75) is 25.4 Å². The van der Waals surface area contributed by atoms with E-state index >= 15 is 0 Å². The van der Waals surface area contributed by atoms with Crippen molar-refractivity contribution in [3.63, 3.8) is 0 Å². The van der Waals surface area contributed by atoms with E-state index in [1.165, 1.54) is 29.0 Å². The Bertz CT molecular complexity index is 977. The molecule has 2 atom stereocenters. The van der Waals surface area contributed by atoms with Crippen LogP contribution in [0, 0.1) is 5.82 Å². The average molecular weight is 443 g/mol. The van der Waals surface area contributed by atoms with E-state index in [4.69, 9.17) is 12.2 Å². The predicted octanol–water partition coefficient (Wildman–Crippen LogP) is 2.06. The van der Waals surface area contributed by atoms with Crippen molar-refractivity contribution in [2.24, 2.45) is 0 Å². The number of likely N-dealkylation sites (N-methyl/N-ethyl adjacent to an activating group) is 1. The highest BCUT2D eigenvalue weighted by Gasteiger charge is 2.41. The Morgan fingerprint density at radius 1 is 1.43 bits per heavy atom. The van der Waals surface area contributed by atoms with Crippen LogP contribution in [0.25, 0.3) is 6.08 Å². The summed E-state index contributed by atoms with van der Waals surface area (Å²) in [6, 6.07) is 4.76. The first-order valence-corrected chi connectivity index (χ1v) is 11.6. The molecule has 28 heavy (non-hydrogen) atoms. The lowest BCUT2D eigenvalue weighted by Gasteiger charge is -2.30. The Hall–Kier alpha value is -1.78. The van der Waals surface area contributed by atoms with Gasteiger partial charge in [-0.3, -0.25) is 14.5 Å². The third-order valence-corrected chi connectivity index (χ3v) is 7.94. The highest BCUT2D eigenvalue weighted by Crippen LogP contribution is 2.34. The summed E-state index contributed by atoms with van der Waals surface area (Å²) in [6.07, 6.45) is 1.79. The molecule has 2 amide bonds. The third kappa shape index (κ3) is 4.13. The van der Waals surface area contributed by atoms with Gasteiger partial charge in [-0.05, 0) is 25.5 Å². The normalized spacial score (nSPS) is 24.0. The lowest BCUT2D eigenvalue weighted by molar-refractivity contribution is -0.139. The maximum atomic E-state index is 13.9. The van der Waals surface area contributed by atoms with Gasteiger partial charge in [-0.2, -0.15) is 0 Å². The van der Waals surface area contributed by atoms with Crippen molar-refractivity contribution in [3.05, 3.63) is 40.6 Å². The average Bonchev–Trinajstić information content (AvgIpc) is 3.14. The van der Waals surface area contributed by atoms with E-state index in [1.807, 2.05) is 0 Å². The fraction of sp³-hybridized carbons (Fsp3) is 0.389. The maximum absolute atomic E-state index is 13.9. The summed E-state index contributed by atoms with van der Waals surface area (Å²) in [4.78, 5) is 28.4. The van der Waals surface area contributed by atoms with Crippen LogP contribution in [0.2, 0.25) is 0 Å². The van der Waals surface area contributed by atoms with E-state index in [9.17, 15) is 22.4 Å². The van der Waals surface area contributed by atoms with Gasteiger partial charge in [-0.25, -0.2) is 12.8 Å². The number of thioether (sulfide) groups is 1. The predicted molar refractivity (Wildman–Crippen MR) is 111 cm³/mol. The van der Waals surface area contributed by atoms with Gasteiger partial charge in [0.2, 0.25) is 5.91 Å². The van der Waals surface area contributed by atoms with Crippen LogP contribution in [0.15, 0.2) is 29.2 Å². The lowest BCUT2D eigenvalue weighted by Crippen LogP contribution is -2.50. The first kappa shape index (κ1) is 20.9. The lowest BCUT2D eigenvalue weighted by atomic mass is 10.1. The molecule has 2 unspecified atom stereocenters. The highest BCUT2D eigenvalue weighted by atomic mass is 32.2. The van der Waals surface area contributed by atoms with Crippen LogP contribution in [0.5, 0.6) is 0 Å². The summed E-state index contributed by atoms with van der Waals surface area (Å²) in [6.45, 7) is 1.55. The van der Waals surface area contributed by atoms with Crippen LogP contribution in [0.1, 0.15) is 18.9 Å². The first-order valence-electron chi connectivity index (χ1n) is 8.59. The molecule has 150 valence electrons. The molecule has 6 nitrogen and oxygen atoms in total. The molecule has 2 aliphatic rings. The maximum Gasteiger partial charge on any atom is 0.266 e. The third-order valence-electron chi connectivity index (χ3n) is 4.86. The minimum atomic E-state index is -3.14. The topological polar surface area (TPSA) is 74.8 Å². The molecule has 0 aliphatic carbocycles. The van der Waals surface area contributed by atoms with Gasteiger partial charge in [0.1, 0.15) is 16.2 Å². The van der Waals surface area contributed by atoms with Crippen LogP contribution < -0.4 is 0 Å². The van der Waals surface area contributed by atoms with E-state index in [2.05, 4.69) is 0 Å². The molecular formula is C18H19FN2O4S3. The number of carbonyl (C=O) groups is 2. The van der Waals surface area contributed by atoms with Crippen molar-refractivity contribution in [1.82, 2.24) is 9.80 Å². The van der Waals surface area contributed by atoms with Gasteiger partial charge in [-0.15, -0.1) is 0 Å². The van der Waals surface area contributed by atoms with Gasteiger partial charge in [0.25, 0.3) is 5.91 Å². The van der Waals surface area contributed by atoms with E-state index in [-0.39, 0.29) is 32.2 Å². The molecule has 0 spiro atoms. The largest absolute Gasteiger partial charge is 0.340 e. The number of sulfone groups is 1. The van der Waals surface area contributed by atoms with E-state index < -0.39 is 33.6 Å². The number of hydrogen-bond donors (Lipinski definition) is 0. The van der Waals surface area contributed by atoms with Gasteiger partial charge >= 0.3 is 0 Å². The zero-order valence-corrected chi connectivity index (χ0v) is 17.7. The fourth-order valence-electron chi connectivity index (χ4n) is 3.21. The summed E-state index contributed by atoms with van der Waals surface area (Å²) >= 11 is 6.27. The zero-order valence-electron chi connectivity index (χ0n) is 15.3. The molecule has 0 bridgehead atoms. The molecule has 1 aromatic carbocycles. The summed E-state index contributed by atoms with van der Waals surface area (Å²) < 4.78 is 37.4. The van der Waals surface area contributed by atoms with Gasteiger partial charge < -0.3 is 4.90 Å². The SMILES string of the molecule is CC(C(=O)N(C)C1CCS(=O)(=O)C1)N1C(=O)C(=Cc2ccccc2F)SC1=S. The summed E-state index contributed by atoms with van der Waals surface area (Å²) in [5, 5.41) is 0. The van der Waals surface area contributed by atoms with Gasteiger partial charge in [0.05, 0.1) is 16.4 Å². The van der Waals surface area contributed by atoms with Crippen LogP contribution in [-0.2, 0) is 19.4 Å². The second-order valence-electron chi connectivity index (χ2n) is 6.76. The number of amides is 2. The van der Waals surface area contributed by atoms with Gasteiger partial charge in [-0.1, -0.05) is 42.2 Å². The van der Waals surface area contributed by atoms with Crippen LogP contribution in [-0.4, -0.2) is 65.0 Å². The number of nitrogens with zero attached hydrogens (tertiary/aromatic N) is 2. The molecule has 2 fully saturated rings. The minimum absolute atomic E-state index is 0.0517. The Morgan fingerprint density at radius 3 is 2.71 bits per heavy atom. The Kier molecular flexibility index (Phi) is 5.92. The quantitative estimate of drug-likeness (QED) is 0.525. The number of halogens is 1. The van der Waals surface area contributed by atoms with Gasteiger partial charge in [0.15, 0.2) is 9.84 Å². The molecule has 1 aromatic rings. The highest BCUT2D eigenvalue weighted by molar-refractivity contribution is 8.26. The number of carbonyl (C=O) groups excluding carboxylic acids is 2. The summed E-state index contributed by atoms with van der Waals surface area (Å²) in [7, 11) is -1.60. The molecule has 0 radical (unpaired) electrons. The standard InChI is InChI=1S/C18H19FN2O4S3/c1-11(16(22)20(2)13-7-8-28(24,25)10-13)21-17(23)15(27-18(21)26)9-12-5-3-4-6-14(12)19/h3-6,9,11,13H,7-8,10H2,1-2H3. The molecule has 2 aliphatic heterocycles. The molecule has 2 heterocycles. The molecular weight excluding hydrogens is 423 g/mol. The Labute approximate surface area is 172 Å². The number of hydrogen-bond acceptors (Lipinski definition) is 6. The minimum Gasteiger partial charge on any atom is -0.340 e.